The molecule has 1 saturated heterocycles. The highest BCUT2D eigenvalue weighted by atomic mass is 19.1. The summed E-state index contributed by atoms with van der Waals surface area (Å²) in [5.74, 6) is -0.644. The van der Waals surface area contributed by atoms with Gasteiger partial charge in [0.25, 0.3) is 5.56 Å². The number of hydrogen-bond acceptors (Lipinski definition) is 6. The Morgan fingerprint density at radius 2 is 1.97 bits per heavy atom. The molecule has 0 bridgehead atoms. The molecule has 0 aliphatic carbocycles. The lowest BCUT2D eigenvalue weighted by atomic mass is 10.1. The number of carbonyl (C=O) groups excluding carboxylic acids is 2. The summed E-state index contributed by atoms with van der Waals surface area (Å²) >= 11 is 0. The number of ether oxygens (including phenoxy) is 2. The van der Waals surface area contributed by atoms with E-state index in [2.05, 4.69) is 15.6 Å². The minimum Gasteiger partial charge on any atom is -0.491 e. The lowest BCUT2D eigenvalue weighted by Crippen LogP contribution is -2.41. The van der Waals surface area contributed by atoms with Crippen LogP contribution in [0.4, 0.5) is 20.7 Å². The number of benzene rings is 1. The van der Waals surface area contributed by atoms with E-state index in [9.17, 15) is 18.8 Å². The van der Waals surface area contributed by atoms with Gasteiger partial charge in [-0.05, 0) is 49.2 Å². The van der Waals surface area contributed by atoms with Crippen molar-refractivity contribution in [3.8, 4) is 11.4 Å². The monoisotopic (exact) mass is 509 g/mol. The Morgan fingerprint density at radius 1 is 1.16 bits per heavy atom. The SMILES string of the molecule is COc1cccn(-c2ccc(NC(=O)C[C@H]3C[C@@H](OC)CN3C(=O)Nc3ccc(C)cn3)c(F)c2)c1=O. The number of methoxy groups -OCH3 is 2. The molecule has 3 amide bonds. The molecule has 2 atom stereocenters. The second-order valence-corrected chi connectivity index (χ2v) is 8.72. The predicted molar refractivity (Wildman–Crippen MR) is 136 cm³/mol. The largest absolute Gasteiger partial charge is 0.491 e. The third-order valence-corrected chi connectivity index (χ3v) is 6.17. The van der Waals surface area contributed by atoms with Crippen LogP contribution in [0.5, 0.6) is 5.75 Å². The lowest BCUT2D eigenvalue weighted by Gasteiger charge is -2.24. The van der Waals surface area contributed by atoms with E-state index in [0.29, 0.717) is 18.8 Å². The summed E-state index contributed by atoms with van der Waals surface area (Å²) < 4.78 is 26.5. The van der Waals surface area contributed by atoms with E-state index in [1.54, 1.807) is 25.4 Å². The normalized spacial score (nSPS) is 16.9. The molecule has 4 rings (SSSR count). The van der Waals surface area contributed by atoms with Gasteiger partial charge in [-0.15, -0.1) is 0 Å². The molecular weight excluding hydrogens is 481 g/mol. The number of pyridine rings is 2. The van der Waals surface area contributed by atoms with E-state index in [1.165, 1.54) is 41.0 Å². The van der Waals surface area contributed by atoms with Crippen LogP contribution >= 0.6 is 0 Å². The second-order valence-electron chi connectivity index (χ2n) is 8.72. The summed E-state index contributed by atoms with van der Waals surface area (Å²) in [7, 11) is 2.93. The fraction of sp³-hybridized carbons (Fsp3) is 0.308. The molecule has 0 radical (unpaired) electrons. The maximum Gasteiger partial charge on any atom is 0.323 e. The van der Waals surface area contributed by atoms with Crippen LogP contribution in [0, 0.1) is 12.7 Å². The van der Waals surface area contributed by atoms with Crippen LogP contribution in [0.2, 0.25) is 0 Å². The number of urea groups is 1. The van der Waals surface area contributed by atoms with E-state index in [4.69, 9.17) is 9.47 Å². The number of amides is 3. The van der Waals surface area contributed by atoms with Gasteiger partial charge in [-0.2, -0.15) is 0 Å². The molecule has 0 spiro atoms. The minimum atomic E-state index is -0.707. The Balaban J connectivity index is 1.44. The number of nitrogens with one attached hydrogen (secondary N) is 2. The molecule has 11 heteroatoms. The summed E-state index contributed by atoms with van der Waals surface area (Å²) in [4.78, 5) is 43.9. The van der Waals surface area contributed by atoms with Crippen LogP contribution in [0.25, 0.3) is 5.69 Å². The van der Waals surface area contributed by atoms with Gasteiger partial charge in [-0.3, -0.25) is 19.5 Å². The van der Waals surface area contributed by atoms with Gasteiger partial charge in [0.05, 0.1) is 24.6 Å². The molecule has 3 aromatic rings. The number of aryl methyl sites for hydroxylation is 1. The van der Waals surface area contributed by atoms with E-state index in [1.807, 2.05) is 13.0 Å². The van der Waals surface area contributed by atoms with Crippen molar-refractivity contribution < 1.29 is 23.5 Å². The minimum absolute atomic E-state index is 0.0363. The topological polar surface area (TPSA) is 115 Å². The Bertz CT molecular complexity index is 1340. The van der Waals surface area contributed by atoms with Crippen molar-refractivity contribution in [1.29, 1.82) is 0 Å². The van der Waals surface area contributed by atoms with Crippen LogP contribution < -0.4 is 20.9 Å². The molecule has 2 aromatic heterocycles. The van der Waals surface area contributed by atoms with Crippen molar-refractivity contribution >= 4 is 23.4 Å². The quantitative estimate of drug-likeness (QED) is 0.505. The number of aromatic nitrogens is 2. The zero-order valence-corrected chi connectivity index (χ0v) is 20.7. The van der Waals surface area contributed by atoms with E-state index >= 15 is 0 Å². The van der Waals surface area contributed by atoms with Crippen molar-refractivity contribution in [3.05, 3.63) is 76.6 Å². The molecule has 3 heterocycles. The number of carbonyl (C=O) groups is 2. The van der Waals surface area contributed by atoms with Gasteiger partial charge in [0.1, 0.15) is 11.6 Å². The summed E-state index contributed by atoms with van der Waals surface area (Å²) in [5.41, 5.74) is 0.773. The Morgan fingerprint density at radius 3 is 2.65 bits per heavy atom. The summed E-state index contributed by atoms with van der Waals surface area (Å²) in [6.07, 6.45) is 3.32. The average Bonchev–Trinajstić information content (AvgIpc) is 3.29. The van der Waals surface area contributed by atoms with Crippen LogP contribution in [-0.4, -0.2) is 59.3 Å². The smallest absolute Gasteiger partial charge is 0.323 e. The molecule has 0 saturated carbocycles. The fourth-order valence-electron chi connectivity index (χ4n) is 4.21. The molecule has 1 aliphatic heterocycles. The van der Waals surface area contributed by atoms with Gasteiger partial charge in [0.2, 0.25) is 5.91 Å². The molecule has 2 N–H and O–H groups in total. The number of halogens is 1. The first-order valence-electron chi connectivity index (χ1n) is 11.7. The number of hydrogen-bond donors (Lipinski definition) is 2. The standard InChI is InChI=1S/C26H28FN5O5/c1-16-6-9-23(28-14-16)30-26(35)32-15-19(36-2)11-18(32)13-24(33)29-21-8-7-17(12-20(21)27)31-10-4-5-22(37-3)25(31)34/h4-10,12,14,18-19H,11,13,15H2,1-3H3,(H,29,33)(H,28,30,35)/t18-,19-/m1/s1. The first-order chi connectivity index (χ1) is 17.8. The Hall–Kier alpha value is -4.25. The number of nitrogens with zero attached hydrogens (tertiary/aromatic N) is 3. The highest BCUT2D eigenvalue weighted by molar-refractivity contribution is 5.93. The van der Waals surface area contributed by atoms with Crippen LogP contribution in [0.1, 0.15) is 18.4 Å². The third kappa shape index (κ3) is 5.95. The first-order valence-corrected chi connectivity index (χ1v) is 11.7. The Kier molecular flexibility index (Phi) is 7.83. The van der Waals surface area contributed by atoms with Gasteiger partial charge in [-0.25, -0.2) is 14.2 Å². The first kappa shape index (κ1) is 25.8. The van der Waals surface area contributed by atoms with Crippen molar-refractivity contribution in [2.45, 2.75) is 31.9 Å². The predicted octanol–water partition coefficient (Wildman–Crippen LogP) is 3.34. The summed E-state index contributed by atoms with van der Waals surface area (Å²) in [6.45, 7) is 2.20. The zero-order chi connectivity index (χ0) is 26.5. The summed E-state index contributed by atoms with van der Waals surface area (Å²) in [6, 6.07) is 9.87. The molecular formula is C26H28FN5O5. The van der Waals surface area contributed by atoms with Gasteiger partial charge < -0.3 is 19.7 Å². The number of anilines is 2. The van der Waals surface area contributed by atoms with Crippen LogP contribution in [-0.2, 0) is 9.53 Å². The molecule has 37 heavy (non-hydrogen) atoms. The highest BCUT2D eigenvalue weighted by Crippen LogP contribution is 2.25. The molecule has 194 valence electrons. The lowest BCUT2D eigenvalue weighted by molar-refractivity contribution is -0.117. The fourth-order valence-corrected chi connectivity index (χ4v) is 4.21. The number of rotatable bonds is 7. The molecule has 0 unspecified atom stereocenters. The van der Waals surface area contributed by atoms with Crippen molar-refractivity contribution in [1.82, 2.24) is 14.5 Å². The van der Waals surface area contributed by atoms with Gasteiger partial charge in [-0.1, -0.05) is 6.07 Å². The second kappa shape index (κ2) is 11.2. The number of likely N-dealkylation sites (tertiary alicyclic amines) is 1. The van der Waals surface area contributed by atoms with Gasteiger partial charge in [0, 0.05) is 44.6 Å². The zero-order valence-electron chi connectivity index (χ0n) is 20.7. The van der Waals surface area contributed by atoms with Crippen molar-refractivity contribution in [3.63, 3.8) is 0 Å². The van der Waals surface area contributed by atoms with Crippen LogP contribution in [0.15, 0.2) is 59.7 Å². The van der Waals surface area contributed by atoms with Crippen molar-refractivity contribution in [2.75, 3.05) is 31.4 Å². The van der Waals surface area contributed by atoms with Crippen LogP contribution in [0.3, 0.4) is 0 Å². The molecule has 10 nitrogen and oxygen atoms in total. The maximum atomic E-state index is 14.9. The highest BCUT2D eigenvalue weighted by Gasteiger charge is 2.36. The van der Waals surface area contributed by atoms with E-state index < -0.39 is 29.4 Å². The van der Waals surface area contributed by atoms with Gasteiger partial charge in [0.15, 0.2) is 5.75 Å². The van der Waals surface area contributed by atoms with Crippen molar-refractivity contribution in [2.24, 2.45) is 0 Å². The van der Waals surface area contributed by atoms with Gasteiger partial charge >= 0.3 is 6.03 Å². The summed E-state index contributed by atoms with van der Waals surface area (Å²) in [5, 5.41) is 5.31. The van der Waals surface area contributed by atoms with E-state index in [0.717, 1.165) is 11.6 Å². The Labute approximate surface area is 213 Å². The van der Waals surface area contributed by atoms with E-state index in [-0.39, 0.29) is 29.6 Å². The third-order valence-electron chi connectivity index (χ3n) is 6.17. The molecule has 1 aliphatic rings. The molecule has 1 fully saturated rings. The average molecular weight is 510 g/mol. The molecule has 1 aromatic carbocycles. The maximum absolute atomic E-state index is 14.9.